The van der Waals surface area contributed by atoms with Crippen molar-refractivity contribution in [3.63, 3.8) is 0 Å². The molecular weight excluding hydrogens is 210 g/mol. The standard InChI is InChI=1S/C14H19N3/c1-10-6-5-7-14(11(10)2)17-9-13(8-15-4)12(3)16-17/h5-7,9,15H,8H2,1-4H3. The van der Waals surface area contributed by atoms with Crippen LogP contribution in [0.5, 0.6) is 0 Å². The van der Waals surface area contributed by atoms with Crippen LogP contribution < -0.4 is 5.32 Å². The van der Waals surface area contributed by atoms with E-state index in [9.17, 15) is 0 Å². The van der Waals surface area contributed by atoms with E-state index in [4.69, 9.17) is 0 Å². The summed E-state index contributed by atoms with van der Waals surface area (Å²) in [5.74, 6) is 0. The molecule has 1 aromatic heterocycles. The lowest BCUT2D eigenvalue weighted by molar-refractivity contribution is 0.812. The molecule has 90 valence electrons. The first kappa shape index (κ1) is 11.9. The van der Waals surface area contributed by atoms with E-state index in [1.165, 1.54) is 16.7 Å². The topological polar surface area (TPSA) is 29.9 Å². The predicted molar refractivity (Wildman–Crippen MR) is 70.5 cm³/mol. The van der Waals surface area contributed by atoms with E-state index in [1.807, 2.05) is 18.7 Å². The Bertz CT molecular complexity index is 526. The minimum atomic E-state index is 0.858. The fourth-order valence-corrected chi connectivity index (χ4v) is 1.97. The molecule has 1 N–H and O–H groups in total. The number of nitrogens with one attached hydrogen (secondary N) is 1. The number of rotatable bonds is 3. The number of aromatic nitrogens is 2. The van der Waals surface area contributed by atoms with Gasteiger partial charge in [0.2, 0.25) is 0 Å². The molecule has 0 aliphatic rings. The molecular formula is C14H19N3. The molecule has 0 fully saturated rings. The second-order valence-electron chi connectivity index (χ2n) is 4.43. The van der Waals surface area contributed by atoms with E-state index >= 15 is 0 Å². The van der Waals surface area contributed by atoms with Crippen LogP contribution in [0.3, 0.4) is 0 Å². The Balaban J connectivity index is 2.46. The Morgan fingerprint density at radius 2 is 2.00 bits per heavy atom. The number of nitrogens with zero attached hydrogens (tertiary/aromatic N) is 2. The fourth-order valence-electron chi connectivity index (χ4n) is 1.97. The molecule has 2 rings (SSSR count). The largest absolute Gasteiger partial charge is 0.316 e. The van der Waals surface area contributed by atoms with Crippen LogP contribution in [-0.2, 0) is 6.54 Å². The molecule has 0 bridgehead atoms. The van der Waals surface area contributed by atoms with Crippen molar-refractivity contribution < 1.29 is 0 Å². The molecule has 3 heteroatoms. The Morgan fingerprint density at radius 1 is 1.24 bits per heavy atom. The van der Waals surface area contributed by atoms with Crippen LogP contribution >= 0.6 is 0 Å². The summed E-state index contributed by atoms with van der Waals surface area (Å²) in [6, 6.07) is 6.31. The van der Waals surface area contributed by atoms with E-state index in [0.29, 0.717) is 0 Å². The van der Waals surface area contributed by atoms with Crippen LogP contribution in [-0.4, -0.2) is 16.8 Å². The zero-order valence-corrected chi connectivity index (χ0v) is 10.9. The van der Waals surface area contributed by atoms with Gasteiger partial charge in [0.1, 0.15) is 0 Å². The summed E-state index contributed by atoms with van der Waals surface area (Å²) in [7, 11) is 1.95. The highest BCUT2D eigenvalue weighted by Gasteiger charge is 2.08. The Hall–Kier alpha value is -1.61. The average molecular weight is 229 g/mol. The molecule has 1 aromatic carbocycles. The van der Waals surface area contributed by atoms with Crippen molar-refractivity contribution in [3.8, 4) is 5.69 Å². The lowest BCUT2D eigenvalue weighted by atomic mass is 10.1. The molecule has 3 nitrogen and oxygen atoms in total. The van der Waals surface area contributed by atoms with Gasteiger partial charge < -0.3 is 5.32 Å². The molecule has 2 aromatic rings. The highest BCUT2D eigenvalue weighted by molar-refractivity contribution is 5.44. The van der Waals surface area contributed by atoms with Gasteiger partial charge in [-0.25, -0.2) is 4.68 Å². The van der Waals surface area contributed by atoms with Gasteiger partial charge in [0, 0.05) is 18.3 Å². The van der Waals surface area contributed by atoms with Crippen LogP contribution in [0.4, 0.5) is 0 Å². The fraction of sp³-hybridized carbons (Fsp3) is 0.357. The Kier molecular flexibility index (Phi) is 3.29. The van der Waals surface area contributed by atoms with Gasteiger partial charge in [0.05, 0.1) is 11.4 Å². The SMILES string of the molecule is CNCc1cn(-c2cccc(C)c2C)nc1C. The van der Waals surface area contributed by atoms with Gasteiger partial charge >= 0.3 is 0 Å². The maximum Gasteiger partial charge on any atom is 0.0677 e. The van der Waals surface area contributed by atoms with Crippen molar-refractivity contribution in [2.45, 2.75) is 27.3 Å². The normalized spacial score (nSPS) is 10.8. The highest BCUT2D eigenvalue weighted by atomic mass is 15.3. The van der Waals surface area contributed by atoms with Crippen molar-refractivity contribution in [2.24, 2.45) is 0 Å². The summed E-state index contributed by atoms with van der Waals surface area (Å²) < 4.78 is 1.98. The number of hydrogen-bond donors (Lipinski definition) is 1. The van der Waals surface area contributed by atoms with Gasteiger partial charge in [-0.05, 0) is 45.0 Å². The lowest BCUT2D eigenvalue weighted by Crippen LogP contribution is -2.05. The Morgan fingerprint density at radius 3 is 2.71 bits per heavy atom. The molecule has 0 aliphatic heterocycles. The van der Waals surface area contributed by atoms with Crippen molar-refractivity contribution in [2.75, 3.05) is 7.05 Å². The van der Waals surface area contributed by atoms with Gasteiger partial charge in [0.15, 0.2) is 0 Å². The van der Waals surface area contributed by atoms with Crippen LogP contribution in [0.1, 0.15) is 22.4 Å². The first-order valence-electron chi connectivity index (χ1n) is 5.90. The molecule has 0 saturated heterocycles. The average Bonchev–Trinajstić information content (AvgIpc) is 2.65. The van der Waals surface area contributed by atoms with E-state index in [-0.39, 0.29) is 0 Å². The zero-order valence-electron chi connectivity index (χ0n) is 10.9. The Labute approximate surface area is 102 Å². The minimum Gasteiger partial charge on any atom is -0.316 e. The van der Waals surface area contributed by atoms with Crippen LogP contribution in [0.15, 0.2) is 24.4 Å². The number of aryl methyl sites for hydroxylation is 2. The summed E-state index contributed by atoms with van der Waals surface area (Å²) in [4.78, 5) is 0. The van der Waals surface area contributed by atoms with E-state index in [1.54, 1.807) is 0 Å². The zero-order chi connectivity index (χ0) is 12.4. The smallest absolute Gasteiger partial charge is 0.0677 e. The molecule has 0 unspecified atom stereocenters. The van der Waals surface area contributed by atoms with Gasteiger partial charge in [0.25, 0.3) is 0 Å². The van der Waals surface area contributed by atoms with E-state index in [2.05, 4.69) is 48.7 Å². The highest BCUT2D eigenvalue weighted by Crippen LogP contribution is 2.18. The second kappa shape index (κ2) is 4.72. The van der Waals surface area contributed by atoms with Crippen molar-refractivity contribution in [3.05, 3.63) is 46.8 Å². The number of benzene rings is 1. The van der Waals surface area contributed by atoms with Crippen LogP contribution in [0.25, 0.3) is 5.69 Å². The molecule has 0 amide bonds. The summed E-state index contributed by atoms with van der Waals surface area (Å²) in [6.07, 6.45) is 2.10. The maximum atomic E-state index is 4.58. The van der Waals surface area contributed by atoms with E-state index < -0.39 is 0 Å². The van der Waals surface area contributed by atoms with Crippen molar-refractivity contribution in [1.29, 1.82) is 0 Å². The van der Waals surface area contributed by atoms with Crippen LogP contribution in [0.2, 0.25) is 0 Å². The molecule has 0 radical (unpaired) electrons. The summed E-state index contributed by atoms with van der Waals surface area (Å²) in [6.45, 7) is 7.17. The third kappa shape index (κ3) is 2.24. The number of hydrogen-bond acceptors (Lipinski definition) is 2. The quantitative estimate of drug-likeness (QED) is 0.876. The third-order valence-corrected chi connectivity index (χ3v) is 3.19. The van der Waals surface area contributed by atoms with Crippen molar-refractivity contribution >= 4 is 0 Å². The molecule has 0 saturated carbocycles. The summed E-state index contributed by atoms with van der Waals surface area (Å²) in [5.41, 5.74) is 6.07. The second-order valence-corrected chi connectivity index (χ2v) is 4.43. The van der Waals surface area contributed by atoms with Gasteiger partial charge in [-0.1, -0.05) is 12.1 Å². The summed E-state index contributed by atoms with van der Waals surface area (Å²) >= 11 is 0. The first-order valence-corrected chi connectivity index (χ1v) is 5.90. The minimum absolute atomic E-state index is 0.858. The molecule has 0 spiro atoms. The summed E-state index contributed by atoms with van der Waals surface area (Å²) in [5, 5.41) is 7.74. The van der Waals surface area contributed by atoms with Gasteiger partial charge in [-0.2, -0.15) is 5.10 Å². The molecule has 17 heavy (non-hydrogen) atoms. The molecule has 0 atom stereocenters. The first-order chi connectivity index (χ1) is 8.13. The predicted octanol–water partition coefficient (Wildman–Crippen LogP) is 2.52. The lowest BCUT2D eigenvalue weighted by Gasteiger charge is -2.07. The van der Waals surface area contributed by atoms with Crippen LogP contribution in [0, 0.1) is 20.8 Å². The van der Waals surface area contributed by atoms with Gasteiger partial charge in [-0.15, -0.1) is 0 Å². The maximum absolute atomic E-state index is 4.58. The van der Waals surface area contributed by atoms with E-state index in [0.717, 1.165) is 17.9 Å². The van der Waals surface area contributed by atoms with Crippen molar-refractivity contribution in [1.82, 2.24) is 15.1 Å². The monoisotopic (exact) mass is 229 g/mol. The molecule has 0 aliphatic carbocycles. The van der Waals surface area contributed by atoms with Gasteiger partial charge in [-0.3, -0.25) is 0 Å². The molecule has 1 heterocycles. The third-order valence-electron chi connectivity index (χ3n) is 3.19.